The summed E-state index contributed by atoms with van der Waals surface area (Å²) in [6.45, 7) is 0. The number of aromatic hydroxyl groups is 1. The van der Waals surface area contributed by atoms with Gasteiger partial charge in [0.05, 0.1) is 10.5 Å². The zero-order valence-corrected chi connectivity index (χ0v) is 6.32. The Kier molecular flexibility index (Phi) is 2.15. The van der Waals surface area contributed by atoms with Gasteiger partial charge < -0.3 is 5.11 Å². The van der Waals surface area contributed by atoms with Crippen LogP contribution in [-0.2, 0) is 0 Å². The van der Waals surface area contributed by atoms with Gasteiger partial charge in [-0.3, -0.25) is 10.1 Å². The van der Waals surface area contributed by atoms with Crippen molar-refractivity contribution in [3.63, 3.8) is 0 Å². The monoisotopic (exact) mass is 181 g/mol. The summed E-state index contributed by atoms with van der Waals surface area (Å²) in [7, 11) is 0. The van der Waals surface area contributed by atoms with E-state index in [0.29, 0.717) is 0 Å². The molecule has 0 atom stereocenters. The topological polar surface area (TPSA) is 63.4 Å². The predicted octanol–water partition coefficient (Wildman–Crippen LogP) is 1.42. The molecule has 0 aromatic heterocycles. The Hall–Kier alpha value is -2.09. The molecule has 0 bridgehead atoms. The molecule has 0 saturated carbocycles. The Morgan fingerprint density at radius 3 is 2.69 bits per heavy atom. The summed E-state index contributed by atoms with van der Waals surface area (Å²) < 4.78 is 12.9. The highest BCUT2D eigenvalue weighted by atomic mass is 19.1. The lowest BCUT2D eigenvalue weighted by atomic mass is 10.2. The van der Waals surface area contributed by atoms with Crippen LogP contribution in [0.5, 0.6) is 5.75 Å². The first-order chi connectivity index (χ1) is 6.07. The molecule has 0 fully saturated rings. The summed E-state index contributed by atoms with van der Waals surface area (Å²) in [5.74, 6) is -0.225. The summed E-state index contributed by atoms with van der Waals surface area (Å²) in [4.78, 5) is 9.31. The van der Waals surface area contributed by atoms with Gasteiger partial charge in [-0.25, -0.2) is 4.39 Å². The molecule has 66 valence electrons. The summed E-state index contributed by atoms with van der Waals surface area (Å²) >= 11 is 0. The number of benzene rings is 1. The van der Waals surface area contributed by atoms with Gasteiger partial charge in [0.15, 0.2) is 5.82 Å². The molecule has 1 rings (SSSR count). The summed E-state index contributed by atoms with van der Waals surface area (Å²) in [6, 6.07) is 2.01. The number of phenolic OH excluding ortho intramolecular Hbond substituents is 1. The zero-order chi connectivity index (χ0) is 10.0. The minimum absolute atomic E-state index is 0.205. The lowest BCUT2D eigenvalue weighted by Gasteiger charge is -1.98. The molecule has 1 N–H and O–H groups in total. The molecule has 0 saturated heterocycles. The van der Waals surface area contributed by atoms with Crippen LogP contribution >= 0.6 is 0 Å². The first-order valence-electron chi connectivity index (χ1n) is 3.20. The number of rotatable bonds is 1. The molecule has 1 aromatic carbocycles. The number of terminal acetylenes is 1. The fourth-order valence-corrected chi connectivity index (χ4v) is 0.813. The van der Waals surface area contributed by atoms with E-state index in [-0.39, 0.29) is 5.56 Å². The lowest BCUT2D eigenvalue weighted by Crippen LogP contribution is -1.92. The molecule has 0 unspecified atom stereocenters. The average Bonchev–Trinajstić information content (AvgIpc) is 2.09. The fraction of sp³-hybridized carbons (Fsp3) is 0. The Balaban J connectivity index is 3.42. The van der Waals surface area contributed by atoms with Crippen molar-refractivity contribution in [3.8, 4) is 18.1 Å². The van der Waals surface area contributed by atoms with Crippen LogP contribution in [0.1, 0.15) is 5.56 Å². The van der Waals surface area contributed by atoms with Crippen molar-refractivity contribution in [1.82, 2.24) is 0 Å². The smallest absolute Gasteiger partial charge is 0.313 e. The normalized spacial score (nSPS) is 9.23. The predicted molar refractivity (Wildman–Crippen MR) is 42.7 cm³/mol. The minimum Gasteiger partial charge on any atom is -0.500 e. The molecule has 0 spiro atoms. The second-order valence-corrected chi connectivity index (χ2v) is 2.20. The zero-order valence-electron chi connectivity index (χ0n) is 6.32. The van der Waals surface area contributed by atoms with Crippen LogP contribution < -0.4 is 0 Å². The fourth-order valence-electron chi connectivity index (χ4n) is 0.813. The van der Waals surface area contributed by atoms with E-state index in [4.69, 9.17) is 11.5 Å². The quantitative estimate of drug-likeness (QED) is 0.404. The van der Waals surface area contributed by atoms with Gasteiger partial charge >= 0.3 is 5.69 Å². The molecule has 0 aliphatic carbocycles. The summed E-state index contributed by atoms with van der Waals surface area (Å²) in [6.07, 6.45) is 4.87. The number of nitrogens with zero attached hydrogens (tertiary/aromatic N) is 1. The van der Waals surface area contributed by atoms with Crippen molar-refractivity contribution >= 4 is 5.69 Å². The second-order valence-electron chi connectivity index (χ2n) is 2.20. The maximum Gasteiger partial charge on any atom is 0.313 e. The number of halogens is 1. The van der Waals surface area contributed by atoms with E-state index < -0.39 is 22.2 Å². The van der Waals surface area contributed by atoms with Gasteiger partial charge in [0.1, 0.15) is 0 Å². The molecule has 0 radical (unpaired) electrons. The largest absolute Gasteiger partial charge is 0.500 e. The van der Waals surface area contributed by atoms with E-state index in [1.807, 2.05) is 5.92 Å². The Morgan fingerprint density at radius 1 is 1.62 bits per heavy atom. The third-order valence-corrected chi connectivity index (χ3v) is 1.45. The van der Waals surface area contributed by atoms with E-state index in [9.17, 15) is 14.5 Å². The first-order valence-corrected chi connectivity index (χ1v) is 3.20. The van der Waals surface area contributed by atoms with Crippen LogP contribution in [0.2, 0.25) is 0 Å². The SMILES string of the molecule is C#Cc1ccc([N+](=O)[O-])c(O)c1F. The molecule has 4 nitrogen and oxygen atoms in total. The Morgan fingerprint density at radius 2 is 2.23 bits per heavy atom. The van der Waals surface area contributed by atoms with E-state index in [2.05, 4.69) is 0 Å². The number of nitro benzene ring substituents is 1. The highest BCUT2D eigenvalue weighted by Gasteiger charge is 2.19. The minimum atomic E-state index is -1.14. The van der Waals surface area contributed by atoms with Gasteiger partial charge in [-0.15, -0.1) is 6.42 Å². The Bertz CT molecular complexity index is 409. The van der Waals surface area contributed by atoms with Crippen LogP contribution in [0.15, 0.2) is 12.1 Å². The molecule has 0 aliphatic heterocycles. The third-order valence-electron chi connectivity index (χ3n) is 1.45. The van der Waals surface area contributed by atoms with Crippen molar-refractivity contribution in [2.24, 2.45) is 0 Å². The van der Waals surface area contributed by atoms with Crippen molar-refractivity contribution in [1.29, 1.82) is 0 Å². The molecular weight excluding hydrogens is 177 g/mol. The summed E-state index contributed by atoms with van der Waals surface area (Å²) in [5.41, 5.74) is -0.903. The van der Waals surface area contributed by atoms with Crippen LogP contribution in [0.3, 0.4) is 0 Å². The molecule has 5 heteroatoms. The molecule has 0 amide bonds. The van der Waals surface area contributed by atoms with Crippen LogP contribution in [0.4, 0.5) is 10.1 Å². The second kappa shape index (κ2) is 3.11. The molecule has 1 aromatic rings. The molecular formula is C8H4FNO3. The standard InChI is InChI=1S/C8H4FNO3/c1-2-5-3-4-6(10(12)13)8(11)7(5)9/h1,3-4,11H. The van der Waals surface area contributed by atoms with Gasteiger partial charge in [0.25, 0.3) is 0 Å². The van der Waals surface area contributed by atoms with Crippen molar-refractivity contribution in [2.45, 2.75) is 0 Å². The number of nitro groups is 1. The number of hydrogen-bond acceptors (Lipinski definition) is 3. The van der Waals surface area contributed by atoms with Crippen molar-refractivity contribution < 1.29 is 14.4 Å². The van der Waals surface area contributed by atoms with Gasteiger partial charge in [-0.05, 0) is 6.07 Å². The van der Waals surface area contributed by atoms with Gasteiger partial charge in [0, 0.05) is 6.07 Å². The lowest BCUT2D eigenvalue weighted by molar-refractivity contribution is -0.386. The first kappa shape index (κ1) is 9.00. The maximum atomic E-state index is 12.9. The highest BCUT2D eigenvalue weighted by Crippen LogP contribution is 2.29. The Labute approximate surface area is 72.8 Å². The van der Waals surface area contributed by atoms with Crippen LogP contribution in [0, 0.1) is 28.3 Å². The number of phenols is 1. The van der Waals surface area contributed by atoms with E-state index in [0.717, 1.165) is 12.1 Å². The van der Waals surface area contributed by atoms with Gasteiger partial charge in [-0.1, -0.05) is 5.92 Å². The molecule has 13 heavy (non-hydrogen) atoms. The van der Waals surface area contributed by atoms with Crippen molar-refractivity contribution in [2.75, 3.05) is 0 Å². The number of hydrogen-bond donors (Lipinski definition) is 1. The summed E-state index contributed by atoms with van der Waals surface area (Å²) in [5, 5.41) is 19.2. The van der Waals surface area contributed by atoms with E-state index >= 15 is 0 Å². The van der Waals surface area contributed by atoms with Crippen LogP contribution in [0.25, 0.3) is 0 Å². The van der Waals surface area contributed by atoms with Crippen LogP contribution in [-0.4, -0.2) is 10.0 Å². The molecule has 0 heterocycles. The van der Waals surface area contributed by atoms with E-state index in [1.165, 1.54) is 0 Å². The highest BCUT2D eigenvalue weighted by molar-refractivity contribution is 5.52. The van der Waals surface area contributed by atoms with Crippen molar-refractivity contribution in [3.05, 3.63) is 33.6 Å². The third kappa shape index (κ3) is 1.42. The average molecular weight is 181 g/mol. The van der Waals surface area contributed by atoms with Gasteiger partial charge in [-0.2, -0.15) is 0 Å². The van der Waals surface area contributed by atoms with Gasteiger partial charge in [0.2, 0.25) is 5.75 Å². The molecule has 0 aliphatic rings. The maximum absolute atomic E-state index is 12.9. The van der Waals surface area contributed by atoms with E-state index in [1.54, 1.807) is 0 Å².